The van der Waals surface area contributed by atoms with E-state index in [4.69, 9.17) is 0 Å². The maximum atomic E-state index is 13.7. The summed E-state index contributed by atoms with van der Waals surface area (Å²) in [4.78, 5) is 42.5. The van der Waals surface area contributed by atoms with Gasteiger partial charge in [0.1, 0.15) is 17.0 Å². The number of sulfonamides is 1. The Labute approximate surface area is 212 Å². The lowest BCUT2D eigenvalue weighted by Crippen LogP contribution is -2.58. The number of para-hydroxylation sites is 1. The summed E-state index contributed by atoms with van der Waals surface area (Å²) in [6.45, 7) is 8.92. The molecule has 0 aliphatic heterocycles. The molecule has 1 aromatic carbocycles. The molecule has 11 heteroatoms. The first-order valence-corrected chi connectivity index (χ1v) is 13.1. The third kappa shape index (κ3) is 6.38. The molecule has 0 fully saturated rings. The highest BCUT2D eigenvalue weighted by molar-refractivity contribution is 7.89. The third-order valence-electron chi connectivity index (χ3n) is 6.00. The lowest BCUT2D eigenvalue weighted by Gasteiger charge is -2.35. The van der Waals surface area contributed by atoms with E-state index in [0.717, 1.165) is 11.4 Å². The quantitative estimate of drug-likeness (QED) is 0.435. The number of nitrogens with zero attached hydrogens (tertiary/aromatic N) is 2. The number of carbonyl (C=O) groups excluding carboxylic acids is 2. The van der Waals surface area contributed by atoms with Crippen LogP contribution in [0.4, 0.5) is 0 Å². The Morgan fingerprint density at radius 2 is 1.69 bits per heavy atom. The zero-order valence-corrected chi connectivity index (χ0v) is 22.6. The lowest BCUT2D eigenvalue weighted by atomic mass is 9.84. The molecule has 2 aromatic rings. The van der Waals surface area contributed by atoms with Crippen molar-refractivity contribution < 1.29 is 27.9 Å². The van der Waals surface area contributed by atoms with Gasteiger partial charge in [0.15, 0.2) is 0 Å². The van der Waals surface area contributed by atoms with Crippen LogP contribution >= 0.6 is 0 Å². The molecule has 0 aliphatic rings. The highest BCUT2D eigenvalue weighted by Gasteiger charge is 2.44. The van der Waals surface area contributed by atoms with Gasteiger partial charge in [-0.3, -0.25) is 19.4 Å². The summed E-state index contributed by atoms with van der Waals surface area (Å²) in [6.07, 6.45) is 1.54. The zero-order valence-electron chi connectivity index (χ0n) is 21.8. The van der Waals surface area contributed by atoms with Crippen molar-refractivity contribution in [3.8, 4) is 0 Å². The Bertz CT molecular complexity index is 1220. The first-order chi connectivity index (χ1) is 16.6. The third-order valence-corrected chi connectivity index (χ3v) is 7.87. The van der Waals surface area contributed by atoms with Crippen LogP contribution in [0.3, 0.4) is 0 Å². The molecule has 0 spiro atoms. The number of likely N-dealkylation sites (N-methyl/N-ethyl adjacent to an activating group) is 2. The van der Waals surface area contributed by atoms with Crippen LogP contribution in [0.25, 0.3) is 10.9 Å². The van der Waals surface area contributed by atoms with Crippen LogP contribution in [0.15, 0.2) is 41.4 Å². The maximum absolute atomic E-state index is 13.7. The molecule has 10 nitrogen and oxygen atoms in total. The molecular formula is C25H36N4O6S. The molecule has 0 bridgehead atoms. The number of fused-ring (bicyclic) bond motifs is 1. The lowest BCUT2D eigenvalue weighted by molar-refractivity contribution is -0.147. The van der Waals surface area contributed by atoms with E-state index in [1.54, 1.807) is 45.0 Å². The average molecular weight is 521 g/mol. The minimum Gasteiger partial charge on any atom is -0.480 e. The van der Waals surface area contributed by atoms with Gasteiger partial charge >= 0.3 is 5.97 Å². The predicted molar refractivity (Wildman–Crippen MR) is 137 cm³/mol. The number of nitrogens with one attached hydrogen (secondary N) is 2. The monoisotopic (exact) mass is 520 g/mol. The van der Waals surface area contributed by atoms with Gasteiger partial charge in [-0.25, -0.2) is 8.42 Å². The van der Waals surface area contributed by atoms with Gasteiger partial charge in [0.25, 0.3) is 0 Å². The number of aromatic nitrogens is 1. The molecule has 1 heterocycles. The zero-order chi connectivity index (χ0) is 27.4. The van der Waals surface area contributed by atoms with Crippen molar-refractivity contribution in [1.82, 2.24) is 19.9 Å². The van der Waals surface area contributed by atoms with Gasteiger partial charge < -0.3 is 15.7 Å². The fourth-order valence-corrected chi connectivity index (χ4v) is 5.64. The van der Waals surface area contributed by atoms with E-state index >= 15 is 0 Å². The molecule has 198 valence electrons. The van der Waals surface area contributed by atoms with Crippen molar-refractivity contribution in [2.75, 3.05) is 14.1 Å². The SMILES string of the molecule is CNC(=O)[C@@H](NC(=O)[C@H](CC(C)C)[C@@H](C(=O)O)N(C)S(=O)(=O)c1cccc2cccnc12)C(C)(C)C. The number of aliphatic carboxylic acids is 1. The molecule has 1 aromatic heterocycles. The summed E-state index contributed by atoms with van der Waals surface area (Å²) in [5.74, 6) is -4.01. The number of amides is 2. The van der Waals surface area contributed by atoms with Crippen molar-refractivity contribution >= 4 is 38.7 Å². The molecule has 0 saturated heterocycles. The minimum atomic E-state index is -4.37. The summed E-state index contributed by atoms with van der Waals surface area (Å²) >= 11 is 0. The van der Waals surface area contributed by atoms with Gasteiger partial charge in [0.05, 0.1) is 11.4 Å². The number of benzene rings is 1. The Kier molecular flexibility index (Phi) is 9.19. The molecule has 0 unspecified atom stereocenters. The molecule has 0 aliphatic carbocycles. The fourth-order valence-electron chi connectivity index (χ4n) is 4.13. The largest absolute Gasteiger partial charge is 0.480 e. The van der Waals surface area contributed by atoms with Crippen LogP contribution in [0.1, 0.15) is 41.0 Å². The second kappa shape index (κ2) is 11.3. The molecule has 36 heavy (non-hydrogen) atoms. The van der Waals surface area contributed by atoms with Crippen molar-refractivity contribution in [1.29, 1.82) is 0 Å². The van der Waals surface area contributed by atoms with E-state index in [1.165, 1.54) is 19.3 Å². The van der Waals surface area contributed by atoms with Crippen LogP contribution in [0, 0.1) is 17.3 Å². The smallest absolute Gasteiger partial charge is 0.322 e. The summed E-state index contributed by atoms with van der Waals surface area (Å²) in [6, 6.07) is 5.32. The van der Waals surface area contributed by atoms with E-state index in [0.29, 0.717) is 5.39 Å². The summed E-state index contributed by atoms with van der Waals surface area (Å²) in [5, 5.41) is 15.9. The Morgan fingerprint density at radius 1 is 1.08 bits per heavy atom. The number of carboxylic acids is 1. The molecule has 0 radical (unpaired) electrons. The van der Waals surface area contributed by atoms with Crippen molar-refractivity contribution in [3.63, 3.8) is 0 Å². The van der Waals surface area contributed by atoms with Gasteiger partial charge in [-0.1, -0.05) is 52.8 Å². The van der Waals surface area contributed by atoms with Gasteiger partial charge in [-0.2, -0.15) is 4.31 Å². The van der Waals surface area contributed by atoms with E-state index in [-0.39, 0.29) is 22.8 Å². The molecule has 3 N–H and O–H groups in total. The van der Waals surface area contributed by atoms with Crippen LogP contribution in [0.2, 0.25) is 0 Å². The summed E-state index contributed by atoms with van der Waals surface area (Å²) < 4.78 is 28.1. The number of carboxylic acid groups (broad SMARTS) is 1. The Morgan fingerprint density at radius 3 is 2.22 bits per heavy atom. The number of rotatable bonds is 10. The van der Waals surface area contributed by atoms with E-state index in [2.05, 4.69) is 15.6 Å². The predicted octanol–water partition coefficient (Wildman–Crippen LogP) is 2.25. The Hall–Kier alpha value is -3.05. The molecule has 0 saturated carbocycles. The summed E-state index contributed by atoms with van der Waals surface area (Å²) in [5.41, 5.74) is -0.475. The van der Waals surface area contributed by atoms with Gasteiger partial charge in [0.2, 0.25) is 21.8 Å². The van der Waals surface area contributed by atoms with Crippen molar-refractivity contribution in [2.24, 2.45) is 17.3 Å². The number of pyridine rings is 1. The molecule has 3 atom stereocenters. The van der Waals surface area contributed by atoms with Crippen LogP contribution in [0.5, 0.6) is 0 Å². The van der Waals surface area contributed by atoms with E-state index < -0.39 is 51.2 Å². The van der Waals surface area contributed by atoms with Crippen LogP contribution in [-0.4, -0.2) is 66.8 Å². The fraction of sp³-hybridized carbons (Fsp3) is 0.520. The minimum absolute atomic E-state index is 0.0844. The van der Waals surface area contributed by atoms with Crippen LogP contribution < -0.4 is 10.6 Å². The second-order valence-corrected chi connectivity index (χ2v) is 12.3. The average Bonchev–Trinajstić information content (AvgIpc) is 2.79. The molecular weight excluding hydrogens is 484 g/mol. The second-order valence-electron chi connectivity index (χ2n) is 10.3. The normalized spacial score (nSPS) is 14.9. The molecule has 2 amide bonds. The standard InChI is InChI=1S/C25H36N4O6S/c1-15(2)14-17(22(30)28-21(23(31)26-6)25(3,4)5)20(24(32)33)29(7)36(34,35)18-12-8-10-16-11-9-13-27-19(16)18/h8-13,15,17,20-21H,14H2,1-7H3,(H,26,31)(H,28,30)(H,32,33)/t17-,20+,21-/m1/s1. The highest BCUT2D eigenvalue weighted by atomic mass is 32.2. The summed E-state index contributed by atoms with van der Waals surface area (Å²) in [7, 11) is -1.78. The van der Waals surface area contributed by atoms with Gasteiger partial charge in [-0.15, -0.1) is 0 Å². The van der Waals surface area contributed by atoms with Gasteiger partial charge in [-0.05, 0) is 29.9 Å². The number of carbonyl (C=O) groups is 3. The van der Waals surface area contributed by atoms with E-state index in [9.17, 15) is 27.9 Å². The number of hydrogen-bond acceptors (Lipinski definition) is 6. The van der Waals surface area contributed by atoms with Crippen molar-refractivity contribution in [2.45, 2.75) is 58.0 Å². The highest BCUT2D eigenvalue weighted by Crippen LogP contribution is 2.29. The molecule has 2 rings (SSSR count). The number of hydrogen-bond donors (Lipinski definition) is 3. The maximum Gasteiger partial charge on any atom is 0.322 e. The van der Waals surface area contributed by atoms with Crippen LogP contribution in [-0.2, 0) is 24.4 Å². The first-order valence-electron chi connectivity index (χ1n) is 11.7. The van der Waals surface area contributed by atoms with Gasteiger partial charge in [0, 0.05) is 25.7 Å². The Balaban J connectivity index is 2.57. The van der Waals surface area contributed by atoms with E-state index in [1.807, 2.05) is 13.8 Å². The first kappa shape index (κ1) is 29.2. The topological polar surface area (TPSA) is 146 Å². The van der Waals surface area contributed by atoms with Crippen molar-refractivity contribution in [3.05, 3.63) is 36.5 Å².